The largest absolute Gasteiger partial charge is 0.479 e. The van der Waals surface area contributed by atoms with E-state index in [1.54, 1.807) is 0 Å². The number of carboxylic acids is 1. The molecule has 21 heavy (non-hydrogen) atoms. The van der Waals surface area contributed by atoms with Crippen LogP contribution in [0.2, 0.25) is 0 Å². The van der Waals surface area contributed by atoms with Gasteiger partial charge in [-0.05, 0) is 29.1 Å². The van der Waals surface area contributed by atoms with Crippen LogP contribution in [0.15, 0.2) is 0 Å². The van der Waals surface area contributed by atoms with E-state index in [9.17, 15) is 15.2 Å². The quantitative estimate of drug-likeness (QED) is 0.514. The van der Waals surface area contributed by atoms with E-state index in [1.165, 1.54) is 0 Å². The maximum atomic E-state index is 11.8. The summed E-state index contributed by atoms with van der Waals surface area (Å²) in [5, 5.41) is 19.0. The zero-order valence-corrected chi connectivity index (χ0v) is 15.0. The van der Waals surface area contributed by atoms with E-state index in [0.29, 0.717) is 12.8 Å². The van der Waals surface area contributed by atoms with Crippen LogP contribution in [0, 0.1) is 16.2 Å². The molecular weight excluding hydrogens is 268 g/mol. The van der Waals surface area contributed by atoms with Crippen molar-refractivity contribution >= 4 is 5.97 Å². The third kappa shape index (κ3) is 4.19. The van der Waals surface area contributed by atoms with Gasteiger partial charge in [0, 0.05) is 0 Å². The lowest BCUT2D eigenvalue weighted by Gasteiger charge is -2.54. The lowest BCUT2D eigenvalue weighted by Crippen LogP contribution is -2.53. The van der Waals surface area contributed by atoms with Crippen molar-refractivity contribution in [3.63, 3.8) is 0 Å². The molecule has 0 saturated carbocycles. The Morgan fingerprint density at radius 1 is 1.00 bits per heavy atom. The Morgan fingerprint density at radius 3 is 1.67 bits per heavy atom. The normalized spacial score (nSPS) is 16.6. The highest BCUT2D eigenvalue weighted by Crippen LogP contribution is 2.56. The van der Waals surface area contributed by atoms with Crippen molar-refractivity contribution in [2.75, 3.05) is 0 Å². The zero-order chi connectivity index (χ0) is 17.1. The number of aliphatic carboxylic acids is 1. The molecule has 0 radical (unpaired) electrons. The first-order valence-corrected chi connectivity index (χ1v) is 7.83. The van der Waals surface area contributed by atoms with Crippen LogP contribution in [-0.2, 0) is 9.68 Å². The van der Waals surface area contributed by atoms with E-state index < -0.39 is 11.6 Å². The molecule has 4 nitrogen and oxygen atoms in total. The van der Waals surface area contributed by atoms with Crippen molar-refractivity contribution in [2.45, 2.75) is 86.7 Å². The minimum absolute atomic E-state index is 0.128. The molecule has 0 aliphatic heterocycles. The summed E-state index contributed by atoms with van der Waals surface area (Å²) in [4.78, 5) is 16.4. The second-order valence-corrected chi connectivity index (χ2v) is 8.50. The van der Waals surface area contributed by atoms with Gasteiger partial charge in [0.25, 0.3) is 0 Å². The second-order valence-electron chi connectivity index (χ2n) is 8.50. The Kier molecular flexibility index (Phi) is 6.46. The van der Waals surface area contributed by atoms with E-state index in [1.807, 2.05) is 6.92 Å². The van der Waals surface area contributed by atoms with Gasteiger partial charge in [-0.15, -0.1) is 0 Å². The number of carboxylic acid groups (broad SMARTS) is 1. The summed E-state index contributed by atoms with van der Waals surface area (Å²) in [6.07, 6.45) is 2.16. The average molecular weight is 302 g/mol. The van der Waals surface area contributed by atoms with E-state index >= 15 is 0 Å². The number of unbranched alkanes of at least 4 members (excludes halogenated alkanes) is 1. The van der Waals surface area contributed by atoms with E-state index in [4.69, 9.17) is 0 Å². The first-order valence-electron chi connectivity index (χ1n) is 7.83. The molecule has 1 unspecified atom stereocenters. The van der Waals surface area contributed by atoms with Crippen LogP contribution in [0.1, 0.15) is 81.1 Å². The van der Waals surface area contributed by atoms with Crippen LogP contribution in [-0.4, -0.2) is 21.9 Å². The number of hydrogen-bond acceptors (Lipinski definition) is 3. The third-order valence-corrected chi connectivity index (χ3v) is 5.45. The van der Waals surface area contributed by atoms with Crippen molar-refractivity contribution in [3.05, 3.63) is 0 Å². The fourth-order valence-electron chi connectivity index (χ4n) is 3.08. The summed E-state index contributed by atoms with van der Waals surface area (Å²) in [6.45, 7) is 16.8. The molecule has 0 aromatic heterocycles. The third-order valence-electron chi connectivity index (χ3n) is 5.45. The van der Waals surface area contributed by atoms with Crippen molar-refractivity contribution in [1.29, 1.82) is 0 Å². The molecule has 0 amide bonds. The van der Waals surface area contributed by atoms with Crippen LogP contribution in [0.5, 0.6) is 0 Å². The predicted molar refractivity (Wildman–Crippen MR) is 85.2 cm³/mol. The Hall–Kier alpha value is -0.610. The Balaban J connectivity index is 5.79. The van der Waals surface area contributed by atoms with Gasteiger partial charge in [0.15, 0.2) is 5.60 Å². The van der Waals surface area contributed by atoms with Gasteiger partial charge in [-0.2, -0.15) is 0 Å². The fraction of sp³-hybridized carbons (Fsp3) is 0.941. The molecule has 126 valence electrons. The summed E-state index contributed by atoms with van der Waals surface area (Å²) in [7, 11) is 0. The first-order chi connectivity index (χ1) is 9.27. The molecule has 4 heteroatoms. The Bertz CT molecular complexity index is 335. The molecule has 0 bridgehead atoms. The van der Waals surface area contributed by atoms with Gasteiger partial charge in [0.2, 0.25) is 0 Å². The molecule has 0 rings (SSSR count). The molecule has 0 aliphatic rings. The van der Waals surface area contributed by atoms with Crippen molar-refractivity contribution < 1.29 is 20.0 Å². The van der Waals surface area contributed by atoms with Gasteiger partial charge >= 0.3 is 5.97 Å². The van der Waals surface area contributed by atoms with Crippen molar-refractivity contribution in [3.8, 4) is 0 Å². The number of hydrogen-bond donors (Lipinski definition) is 2. The van der Waals surface area contributed by atoms with Crippen LogP contribution in [0.25, 0.3) is 0 Å². The lowest BCUT2D eigenvalue weighted by molar-refractivity contribution is -0.330. The predicted octanol–water partition coefficient (Wildman–Crippen LogP) is 4.98. The maximum absolute atomic E-state index is 11.8. The summed E-state index contributed by atoms with van der Waals surface area (Å²) in [5.74, 6) is -1.09. The molecule has 0 aliphatic carbocycles. The minimum Gasteiger partial charge on any atom is -0.479 e. The SMILES string of the molecule is CCCCC(CC(C)(C(C)(C)C)C(C)(C)C)(OO)C(=O)O. The van der Waals surface area contributed by atoms with E-state index in [2.05, 4.69) is 53.4 Å². The topological polar surface area (TPSA) is 66.8 Å². The number of carbonyl (C=O) groups is 1. The molecule has 1 atom stereocenters. The summed E-state index contributed by atoms with van der Waals surface area (Å²) in [5.41, 5.74) is -2.12. The highest BCUT2D eigenvalue weighted by Gasteiger charge is 2.54. The molecule has 0 spiro atoms. The molecule has 0 saturated heterocycles. The zero-order valence-electron chi connectivity index (χ0n) is 15.0. The molecule has 0 fully saturated rings. The van der Waals surface area contributed by atoms with Crippen molar-refractivity contribution in [1.82, 2.24) is 0 Å². The van der Waals surface area contributed by atoms with Gasteiger partial charge in [-0.25, -0.2) is 9.68 Å². The molecular formula is C17H34O4. The smallest absolute Gasteiger partial charge is 0.339 e. The van der Waals surface area contributed by atoms with E-state index in [-0.39, 0.29) is 22.7 Å². The maximum Gasteiger partial charge on any atom is 0.339 e. The second kappa shape index (κ2) is 6.66. The molecule has 0 aromatic carbocycles. The van der Waals surface area contributed by atoms with Crippen LogP contribution >= 0.6 is 0 Å². The minimum atomic E-state index is -1.54. The van der Waals surface area contributed by atoms with Gasteiger partial charge in [0.1, 0.15) is 0 Å². The molecule has 0 heterocycles. The highest BCUT2D eigenvalue weighted by molar-refractivity contribution is 5.77. The first kappa shape index (κ1) is 20.4. The number of rotatable bonds is 7. The summed E-state index contributed by atoms with van der Waals surface area (Å²) < 4.78 is 0. The van der Waals surface area contributed by atoms with Gasteiger partial charge in [-0.3, -0.25) is 5.26 Å². The fourth-order valence-corrected chi connectivity index (χ4v) is 3.08. The van der Waals surface area contributed by atoms with Gasteiger partial charge in [-0.1, -0.05) is 68.2 Å². The monoisotopic (exact) mass is 302 g/mol. The molecule has 0 aromatic rings. The molecule has 2 N–H and O–H groups in total. The Morgan fingerprint density at radius 2 is 1.43 bits per heavy atom. The summed E-state index contributed by atoms with van der Waals surface area (Å²) >= 11 is 0. The van der Waals surface area contributed by atoms with Crippen LogP contribution < -0.4 is 0 Å². The van der Waals surface area contributed by atoms with Gasteiger partial charge < -0.3 is 5.11 Å². The summed E-state index contributed by atoms with van der Waals surface area (Å²) in [6, 6.07) is 0. The van der Waals surface area contributed by atoms with Crippen molar-refractivity contribution in [2.24, 2.45) is 16.2 Å². The van der Waals surface area contributed by atoms with E-state index in [0.717, 1.165) is 6.42 Å². The standard InChI is InChI=1S/C17H34O4/c1-9-10-11-17(21-20,13(18)19)12-16(8,14(2,3)4)15(5,6)7/h20H,9-12H2,1-8H3,(H,18,19). The van der Waals surface area contributed by atoms with Gasteiger partial charge in [0.05, 0.1) is 0 Å². The van der Waals surface area contributed by atoms with Crippen LogP contribution in [0.3, 0.4) is 0 Å². The van der Waals surface area contributed by atoms with Crippen LogP contribution in [0.4, 0.5) is 0 Å². The lowest BCUT2D eigenvalue weighted by atomic mass is 9.51. The Labute approximate surface area is 129 Å². The highest BCUT2D eigenvalue weighted by atomic mass is 17.1. The average Bonchev–Trinajstić information content (AvgIpc) is 2.31.